The molecule has 0 saturated carbocycles. The Morgan fingerprint density at radius 1 is 0.923 bits per heavy atom. The number of hydrogen-bond donors (Lipinski definition) is 2. The molecule has 3 rings (SSSR count). The van der Waals surface area contributed by atoms with E-state index in [9.17, 15) is 14.0 Å². The van der Waals surface area contributed by atoms with E-state index in [4.69, 9.17) is 0 Å². The summed E-state index contributed by atoms with van der Waals surface area (Å²) in [6.45, 7) is 0.346. The van der Waals surface area contributed by atoms with Crippen molar-refractivity contribution in [1.82, 2.24) is 10.3 Å². The fraction of sp³-hybridized carbons (Fsp3) is 0.0500. The van der Waals surface area contributed by atoms with Gasteiger partial charge in [-0.3, -0.25) is 14.6 Å². The molecular formula is C20H16FN3O2. The fourth-order valence-electron chi connectivity index (χ4n) is 2.33. The number of anilines is 1. The number of benzene rings is 2. The summed E-state index contributed by atoms with van der Waals surface area (Å²) < 4.78 is 12.9. The second-order valence-corrected chi connectivity index (χ2v) is 5.59. The van der Waals surface area contributed by atoms with Gasteiger partial charge in [0.25, 0.3) is 11.8 Å². The van der Waals surface area contributed by atoms with Crippen molar-refractivity contribution >= 4 is 17.5 Å². The SMILES string of the molecule is O=C(NCc1cccnc1)c1cccc(C(=O)Nc2ccc(F)cc2)c1. The molecule has 0 saturated heterocycles. The van der Waals surface area contributed by atoms with Gasteiger partial charge in [-0.15, -0.1) is 0 Å². The second kappa shape index (κ2) is 8.02. The van der Waals surface area contributed by atoms with E-state index < -0.39 is 0 Å². The molecule has 2 amide bonds. The van der Waals surface area contributed by atoms with Gasteiger partial charge in [0.15, 0.2) is 0 Å². The van der Waals surface area contributed by atoms with Crippen LogP contribution in [0.4, 0.5) is 10.1 Å². The lowest BCUT2D eigenvalue weighted by Crippen LogP contribution is -2.23. The van der Waals surface area contributed by atoms with Gasteiger partial charge >= 0.3 is 0 Å². The predicted molar refractivity (Wildman–Crippen MR) is 96.2 cm³/mol. The molecule has 3 aromatic rings. The molecule has 0 fully saturated rings. The second-order valence-electron chi connectivity index (χ2n) is 5.59. The zero-order valence-electron chi connectivity index (χ0n) is 13.8. The van der Waals surface area contributed by atoms with Gasteiger partial charge in [0.1, 0.15) is 5.82 Å². The maximum Gasteiger partial charge on any atom is 0.255 e. The fourth-order valence-corrected chi connectivity index (χ4v) is 2.33. The number of pyridine rings is 1. The Hall–Kier alpha value is -3.54. The van der Waals surface area contributed by atoms with Crippen molar-refractivity contribution in [2.45, 2.75) is 6.54 Å². The minimum atomic E-state index is -0.379. The number of halogens is 1. The monoisotopic (exact) mass is 349 g/mol. The molecule has 1 heterocycles. The number of nitrogens with zero attached hydrogens (tertiary/aromatic N) is 1. The van der Waals surface area contributed by atoms with E-state index in [-0.39, 0.29) is 17.6 Å². The van der Waals surface area contributed by atoms with Gasteiger partial charge < -0.3 is 10.6 Å². The van der Waals surface area contributed by atoms with Crippen LogP contribution in [0.2, 0.25) is 0 Å². The average Bonchev–Trinajstić information content (AvgIpc) is 2.69. The van der Waals surface area contributed by atoms with Crippen LogP contribution < -0.4 is 10.6 Å². The van der Waals surface area contributed by atoms with Crippen LogP contribution in [0.25, 0.3) is 0 Å². The zero-order chi connectivity index (χ0) is 18.4. The number of rotatable bonds is 5. The van der Waals surface area contributed by atoms with Gasteiger partial charge in [-0.1, -0.05) is 12.1 Å². The third-order valence-corrected chi connectivity index (χ3v) is 3.66. The summed E-state index contributed by atoms with van der Waals surface area (Å²) in [5.74, 6) is -1.04. The summed E-state index contributed by atoms with van der Waals surface area (Å²) in [6.07, 6.45) is 3.33. The van der Waals surface area contributed by atoms with E-state index in [1.807, 2.05) is 6.07 Å². The van der Waals surface area contributed by atoms with Crippen LogP contribution in [0.3, 0.4) is 0 Å². The van der Waals surface area contributed by atoms with E-state index >= 15 is 0 Å². The van der Waals surface area contributed by atoms with E-state index in [0.717, 1.165) is 5.56 Å². The first-order valence-electron chi connectivity index (χ1n) is 7.96. The van der Waals surface area contributed by atoms with E-state index in [1.54, 1.807) is 36.7 Å². The van der Waals surface area contributed by atoms with Crippen LogP contribution in [0, 0.1) is 5.82 Å². The van der Waals surface area contributed by atoms with Crippen molar-refractivity contribution in [3.05, 3.63) is 95.6 Å². The van der Waals surface area contributed by atoms with Gasteiger partial charge in [0.05, 0.1) is 0 Å². The van der Waals surface area contributed by atoms with Crippen molar-refractivity contribution in [2.24, 2.45) is 0 Å². The van der Waals surface area contributed by atoms with Gasteiger partial charge in [-0.25, -0.2) is 4.39 Å². The van der Waals surface area contributed by atoms with Crippen molar-refractivity contribution < 1.29 is 14.0 Å². The van der Waals surface area contributed by atoms with Crippen molar-refractivity contribution in [3.63, 3.8) is 0 Å². The summed E-state index contributed by atoms with van der Waals surface area (Å²) in [7, 11) is 0. The average molecular weight is 349 g/mol. The normalized spacial score (nSPS) is 10.2. The molecule has 130 valence electrons. The number of nitrogens with one attached hydrogen (secondary N) is 2. The first-order valence-corrected chi connectivity index (χ1v) is 7.96. The number of amides is 2. The van der Waals surface area contributed by atoms with Crippen LogP contribution in [0.5, 0.6) is 0 Å². The highest BCUT2D eigenvalue weighted by atomic mass is 19.1. The molecule has 0 aliphatic rings. The summed E-state index contributed by atoms with van der Waals surface area (Å²) >= 11 is 0. The lowest BCUT2D eigenvalue weighted by Gasteiger charge is -2.08. The zero-order valence-corrected chi connectivity index (χ0v) is 13.8. The summed E-state index contributed by atoms with van der Waals surface area (Å²) in [5.41, 5.74) is 2.07. The highest BCUT2D eigenvalue weighted by molar-refractivity contribution is 6.06. The van der Waals surface area contributed by atoms with Crippen LogP contribution in [-0.2, 0) is 6.54 Å². The van der Waals surface area contributed by atoms with E-state index in [2.05, 4.69) is 15.6 Å². The molecule has 5 nitrogen and oxygen atoms in total. The maximum atomic E-state index is 12.9. The van der Waals surface area contributed by atoms with Crippen LogP contribution in [0.15, 0.2) is 73.1 Å². The van der Waals surface area contributed by atoms with Crippen LogP contribution >= 0.6 is 0 Å². The Balaban J connectivity index is 1.66. The number of carbonyl (C=O) groups excluding carboxylic acids is 2. The topological polar surface area (TPSA) is 71.1 Å². The first-order chi connectivity index (χ1) is 12.6. The van der Waals surface area contributed by atoms with Crippen LogP contribution in [0.1, 0.15) is 26.3 Å². The molecular weight excluding hydrogens is 333 g/mol. The first kappa shape index (κ1) is 17.3. The Kier molecular flexibility index (Phi) is 5.34. The molecule has 0 unspecified atom stereocenters. The predicted octanol–water partition coefficient (Wildman–Crippen LogP) is 3.40. The lowest BCUT2D eigenvalue weighted by molar-refractivity contribution is 0.0951. The molecule has 0 atom stereocenters. The van der Waals surface area contributed by atoms with Crippen molar-refractivity contribution in [2.75, 3.05) is 5.32 Å². The smallest absolute Gasteiger partial charge is 0.255 e. The van der Waals surface area contributed by atoms with Gasteiger partial charge in [-0.05, 0) is 54.1 Å². The van der Waals surface area contributed by atoms with Crippen molar-refractivity contribution in [1.29, 1.82) is 0 Å². The van der Waals surface area contributed by atoms with Gasteiger partial charge in [-0.2, -0.15) is 0 Å². The summed E-state index contributed by atoms with van der Waals surface area (Å²) in [5, 5.41) is 5.45. The minimum Gasteiger partial charge on any atom is -0.348 e. The molecule has 2 aromatic carbocycles. The molecule has 2 N–H and O–H groups in total. The summed E-state index contributed by atoms with van der Waals surface area (Å²) in [4.78, 5) is 28.6. The Labute approximate surface area is 149 Å². The molecule has 0 radical (unpaired) electrons. The highest BCUT2D eigenvalue weighted by Crippen LogP contribution is 2.12. The Morgan fingerprint density at radius 3 is 2.35 bits per heavy atom. The molecule has 6 heteroatoms. The maximum absolute atomic E-state index is 12.9. The molecule has 0 spiro atoms. The number of carbonyl (C=O) groups is 2. The van der Waals surface area contributed by atoms with E-state index in [1.165, 1.54) is 30.3 Å². The quantitative estimate of drug-likeness (QED) is 0.742. The highest BCUT2D eigenvalue weighted by Gasteiger charge is 2.11. The minimum absolute atomic E-state index is 0.287. The van der Waals surface area contributed by atoms with Gasteiger partial charge in [0.2, 0.25) is 0 Å². The Bertz CT molecular complexity index is 912. The Morgan fingerprint density at radius 2 is 1.65 bits per heavy atom. The third-order valence-electron chi connectivity index (χ3n) is 3.66. The van der Waals surface area contributed by atoms with Gasteiger partial charge in [0, 0.05) is 35.8 Å². The molecule has 26 heavy (non-hydrogen) atoms. The molecule has 1 aromatic heterocycles. The number of aromatic nitrogens is 1. The van der Waals surface area contributed by atoms with E-state index in [0.29, 0.717) is 23.4 Å². The number of hydrogen-bond acceptors (Lipinski definition) is 3. The van der Waals surface area contributed by atoms with Crippen LogP contribution in [-0.4, -0.2) is 16.8 Å². The third kappa shape index (κ3) is 4.51. The van der Waals surface area contributed by atoms with Crippen molar-refractivity contribution in [3.8, 4) is 0 Å². The lowest BCUT2D eigenvalue weighted by atomic mass is 10.1. The molecule has 0 aliphatic heterocycles. The largest absolute Gasteiger partial charge is 0.348 e. The standard InChI is InChI=1S/C20H16FN3O2/c21-17-6-8-18(9-7-17)24-20(26)16-5-1-4-15(11-16)19(25)23-13-14-3-2-10-22-12-14/h1-12H,13H2,(H,23,25)(H,24,26). The molecule has 0 aliphatic carbocycles. The molecule has 0 bridgehead atoms. The summed E-state index contributed by atoms with van der Waals surface area (Å²) in [6, 6.07) is 15.5.